The Morgan fingerprint density at radius 3 is 2.50 bits per heavy atom. The number of carbonyl (C=O) groups is 1. The van der Waals surface area contributed by atoms with E-state index >= 15 is 0 Å². The summed E-state index contributed by atoms with van der Waals surface area (Å²) in [7, 11) is 0. The molecule has 0 saturated heterocycles. The van der Waals surface area contributed by atoms with Crippen LogP contribution in [0.3, 0.4) is 0 Å². The van der Waals surface area contributed by atoms with Crippen LogP contribution in [0.25, 0.3) is 0 Å². The zero-order chi connectivity index (χ0) is 15.3. The Bertz CT molecular complexity index is 465. The van der Waals surface area contributed by atoms with Crippen LogP contribution < -0.4 is 11.1 Å². The number of nitrogens with one attached hydrogen (secondary N) is 1. The largest absolute Gasteiger partial charge is 0.399 e. The number of hydrogen-bond donors (Lipinski definition) is 4. The molecule has 0 radical (unpaired) electrons. The highest BCUT2D eigenvalue weighted by Gasteiger charge is 2.18. The molecule has 0 saturated carbocycles. The van der Waals surface area contributed by atoms with E-state index in [-0.39, 0.29) is 28.3 Å². The van der Waals surface area contributed by atoms with Gasteiger partial charge in [0, 0.05) is 11.4 Å². The highest BCUT2D eigenvalue weighted by atomic mass is 35.5. The number of benzene rings is 1. The summed E-state index contributed by atoms with van der Waals surface area (Å²) in [6.45, 7) is 1.35. The quantitative estimate of drug-likeness (QED) is 0.595. The molecule has 1 aromatic rings. The number of halogens is 2. The van der Waals surface area contributed by atoms with Gasteiger partial charge in [0.2, 0.25) is 5.91 Å². The number of amides is 1. The van der Waals surface area contributed by atoms with Crippen LogP contribution in [0.2, 0.25) is 10.0 Å². The fourth-order valence-electron chi connectivity index (χ4n) is 1.32. The highest BCUT2D eigenvalue weighted by molar-refractivity contribution is 8.00. The summed E-state index contributed by atoms with van der Waals surface area (Å²) in [6, 6.07) is 2.99. The van der Waals surface area contributed by atoms with Crippen molar-refractivity contribution in [2.45, 2.75) is 18.3 Å². The third-order valence-electron chi connectivity index (χ3n) is 2.43. The highest BCUT2D eigenvalue weighted by Crippen LogP contribution is 2.33. The fraction of sp³-hybridized carbons (Fsp3) is 0.417. The standard InChI is InChI=1S/C12H16Cl2N2O3S/c1-6(20-5-8(18)4-17)12(19)16-11-9(13)2-7(15)3-10(11)14/h2-3,6,8,17-18H,4-5,15H2,1H3,(H,16,19). The molecule has 0 aromatic heterocycles. The first-order chi connectivity index (χ1) is 9.35. The molecule has 1 amide bonds. The number of nitrogen functional groups attached to an aromatic ring is 1. The number of hydrogen-bond acceptors (Lipinski definition) is 5. The molecule has 20 heavy (non-hydrogen) atoms. The van der Waals surface area contributed by atoms with Gasteiger partial charge in [-0.05, 0) is 19.1 Å². The van der Waals surface area contributed by atoms with Crippen molar-refractivity contribution in [1.82, 2.24) is 0 Å². The Morgan fingerprint density at radius 2 is 2.00 bits per heavy atom. The number of thioether (sulfide) groups is 1. The second-order valence-electron chi connectivity index (χ2n) is 4.16. The smallest absolute Gasteiger partial charge is 0.237 e. The maximum atomic E-state index is 12.0. The summed E-state index contributed by atoms with van der Waals surface area (Å²) in [5.41, 5.74) is 6.29. The molecular formula is C12H16Cl2N2O3S. The Hall–Kier alpha value is -0.660. The van der Waals surface area contributed by atoms with Crippen LogP contribution in [0, 0.1) is 0 Å². The van der Waals surface area contributed by atoms with E-state index in [4.69, 9.17) is 34.0 Å². The minimum absolute atomic E-state index is 0.258. The lowest BCUT2D eigenvalue weighted by Crippen LogP contribution is -2.25. The van der Waals surface area contributed by atoms with Crippen LogP contribution in [0.4, 0.5) is 11.4 Å². The van der Waals surface area contributed by atoms with E-state index in [0.717, 1.165) is 0 Å². The van der Waals surface area contributed by atoms with Crippen LogP contribution in [0.5, 0.6) is 0 Å². The van der Waals surface area contributed by atoms with Crippen LogP contribution in [0.15, 0.2) is 12.1 Å². The molecule has 0 bridgehead atoms. The van der Waals surface area contributed by atoms with Crippen molar-refractivity contribution >= 4 is 52.2 Å². The first-order valence-electron chi connectivity index (χ1n) is 5.81. The molecule has 0 fully saturated rings. The lowest BCUT2D eigenvalue weighted by molar-refractivity contribution is -0.115. The van der Waals surface area contributed by atoms with Gasteiger partial charge in [-0.3, -0.25) is 4.79 Å². The average molecular weight is 339 g/mol. The lowest BCUT2D eigenvalue weighted by atomic mass is 10.2. The van der Waals surface area contributed by atoms with Gasteiger partial charge in [-0.1, -0.05) is 23.2 Å². The van der Waals surface area contributed by atoms with E-state index in [1.165, 1.54) is 23.9 Å². The van der Waals surface area contributed by atoms with E-state index in [2.05, 4.69) is 5.32 Å². The number of rotatable bonds is 6. The number of carbonyl (C=O) groups excluding carboxylic acids is 1. The van der Waals surface area contributed by atoms with Crippen molar-refractivity contribution in [3.8, 4) is 0 Å². The Kier molecular flexibility index (Phi) is 6.91. The molecule has 0 aliphatic carbocycles. The molecule has 2 unspecified atom stereocenters. The maximum Gasteiger partial charge on any atom is 0.237 e. The van der Waals surface area contributed by atoms with Gasteiger partial charge in [0.05, 0.1) is 33.7 Å². The van der Waals surface area contributed by atoms with Gasteiger partial charge in [0.1, 0.15) is 0 Å². The van der Waals surface area contributed by atoms with Gasteiger partial charge in [0.15, 0.2) is 0 Å². The molecule has 5 nitrogen and oxygen atoms in total. The number of aliphatic hydroxyl groups is 2. The third kappa shape index (κ3) is 5.03. The van der Waals surface area contributed by atoms with Crippen molar-refractivity contribution in [2.75, 3.05) is 23.4 Å². The normalized spacial score (nSPS) is 13.8. The van der Waals surface area contributed by atoms with Gasteiger partial charge >= 0.3 is 0 Å². The summed E-state index contributed by atoms with van der Waals surface area (Å²) >= 11 is 13.2. The maximum absolute atomic E-state index is 12.0. The topological polar surface area (TPSA) is 95.6 Å². The fourth-order valence-corrected chi connectivity index (χ4v) is 2.75. The predicted octanol–water partition coefficient (Wildman–Crippen LogP) is 1.99. The van der Waals surface area contributed by atoms with Gasteiger partial charge in [-0.25, -0.2) is 0 Å². The average Bonchev–Trinajstić information content (AvgIpc) is 2.39. The van der Waals surface area contributed by atoms with E-state index in [9.17, 15) is 9.90 Å². The summed E-state index contributed by atoms with van der Waals surface area (Å²) in [4.78, 5) is 12.0. The lowest BCUT2D eigenvalue weighted by Gasteiger charge is -2.15. The monoisotopic (exact) mass is 338 g/mol. The molecule has 0 heterocycles. The van der Waals surface area contributed by atoms with Crippen molar-refractivity contribution in [1.29, 1.82) is 0 Å². The van der Waals surface area contributed by atoms with Gasteiger partial charge in [-0.2, -0.15) is 0 Å². The SMILES string of the molecule is CC(SCC(O)CO)C(=O)Nc1c(Cl)cc(N)cc1Cl. The zero-order valence-corrected chi connectivity index (χ0v) is 13.1. The molecular weight excluding hydrogens is 323 g/mol. The van der Waals surface area contributed by atoms with E-state index in [0.29, 0.717) is 11.4 Å². The van der Waals surface area contributed by atoms with Crippen molar-refractivity contribution < 1.29 is 15.0 Å². The summed E-state index contributed by atoms with van der Waals surface area (Å²) < 4.78 is 0. The Labute approximate surface area is 131 Å². The van der Waals surface area contributed by atoms with E-state index in [1.54, 1.807) is 6.92 Å². The number of nitrogens with two attached hydrogens (primary N) is 1. The molecule has 5 N–H and O–H groups in total. The van der Waals surface area contributed by atoms with E-state index in [1.807, 2.05) is 0 Å². The van der Waals surface area contributed by atoms with Gasteiger partial charge < -0.3 is 21.3 Å². The minimum Gasteiger partial charge on any atom is -0.399 e. The molecule has 0 aliphatic rings. The Morgan fingerprint density at radius 1 is 1.45 bits per heavy atom. The minimum atomic E-state index is -0.848. The van der Waals surface area contributed by atoms with Crippen molar-refractivity contribution in [3.63, 3.8) is 0 Å². The second-order valence-corrected chi connectivity index (χ2v) is 6.35. The zero-order valence-electron chi connectivity index (χ0n) is 10.8. The Balaban J connectivity index is 2.66. The predicted molar refractivity (Wildman–Crippen MR) is 84.5 cm³/mol. The first kappa shape index (κ1) is 17.4. The molecule has 0 aliphatic heterocycles. The van der Waals surface area contributed by atoms with Crippen LogP contribution in [0.1, 0.15) is 6.92 Å². The van der Waals surface area contributed by atoms with Crippen LogP contribution in [-0.4, -0.2) is 39.8 Å². The van der Waals surface area contributed by atoms with Gasteiger partial charge in [0.25, 0.3) is 0 Å². The van der Waals surface area contributed by atoms with E-state index < -0.39 is 11.4 Å². The van der Waals surface area contributed by atoms with Crippen LogP contribution in [-0.2, 0) is 4.79 Å². The summed E-state index contributed by atoms with van der Waals surface area (Å²) in [5, 5.41) is 20.7. The molecule has 1 rings (SSSR count). The van der Waals surface area contributed by atoms with Crippen LogP contribution >= 0.6 is 35.0 Å². The summed E-state index contributed by atoms with van der Waals surface area (Å²) in [5.74, 6) is -0.0393. The molecule has 112 valence electrons. The molecule has 0 spiro atoms. The number of anilines is 2. The second kappa shape index (κ2) is 7.95. The molecule has 8 heteroatoms. The first-order valence-corrected chi connectivity index (χ1v) is 7.61. The molecule has 1 aromatic carbocycles. The molecule has 2 atom stereocenters. The number of aliphatic hydroxyl groups excluding tert-OH is 2. The third-order valence-corrected chi connectivity index (χ3v) is 4.32. The summed E-state index contributed by atoms with van der Waals surface area (Å²) in [6.07, 6.45) is -0.848. The van der Waals surface area contributed by atoms with Crippen molar-refractivity contribution in [2.24, 2.45) is 0 Å². The van der Waals surface area contributed by atoms with Gasteiger partial charge in [-0.15, -0.1) is 11.8 Å². The van der Waals surface area contributed by atoms with Crippen molar-refractivity contribution in [3.05, 3.63) is 22.2 Å².